The van der Waals surface area contributed by atoms with Gasteiger partial charge in [-0.25, -0.2) is 0 Å². The standard InChI is InChI=1S/C9H17N2/c1-3-6-11(7-4-2)8-5-10-9-11/h3-4,10H,1-2,5-9H2/q+1. The van der Waals surface area contributed by atoms with Gasteiger partial charge in [-0.2, -0.15) is 0 Å². The van der Waals surface area contributed by atoms with Crippen LogP contribution in [-0.4, -0.2) is 37.3 Å². The second kappa shape index (κ2) is 3.69. The van der Waals surface area contributed by atoms with Crippen LogP contribution in [0.2, 0.25) is 0 Å². The molecule has 0 aromatic rings. The smallest absolute Gasteiger partial charge is 0.133 e. The number of nitrogens with zero attached hydrogens (tertiary/aromatic N) is 1. The van der Waals surface area contributed by atoms with Gasteiger partial charge < -0.3 is 4.48 Å². The van der Waals surface area contributed by atoms with E-state index in [1.807, 2.05) is 12.2 Å². The van der Waals surface area contributed by atoms with E-state index in [4.69, 9.17) is 0 Å². The normalized spacial score (nSPS) is 21.5. The number of nitrogens with one attached hydrogen (secondary N) is 1. The summed E-state index contributed by atoms with van der Waals surface area (Å²) in [6.45, 7) is 13.1. The van der Waals surface area contributed by atoms with Crippen molar-refractivity contribution in [1.82, 2.24) is 5.32 Å². The maximum Gasteiger partial charge on any atom is 0.133 e. The summed E-state index contributed by atoms with van der Waals surface area (Å²) in [5.74, 6) is 0. The Labute approximate surface area is 68.8 Å². The van der Waals surface area contributed by atoms with Crippen LogP contribution in [0.3, 0.4) is 0 Å². The Bertz CT molecular complexity index is 134. The fraction of sp³-hybridized carbons (Fsp3) is 0.556. The third-order valence-corrected chi connectivity index (χ3v) is 2.24. The van der Waals surface area contributed by atoms with Gasteiger partial charge in [0.05, 0.1) is 19.6 Å². The zero-order valence-corrected chi connectivity index (χ0v) is 7.05. The van der Waals surface area contributed by atoms with Crippen molar-refractivity contribution in [3.8, 4) is 0 Å². The van der Waals surface area contributed by atoms with Gasteiger partial charge in [0.15, 0.2) is 0 Å². The Morgan fingerprint density at radius 2 is 1.91 bits per heavy atom. The van der Waals surface area contributed by atoms with Crippen molar-refractivity contribution in [2.45, 2.75) is 0 Å². The van der Waals surface area contributed by atoms with E-state index in [1.54, 1.807) is 0 Å². The fourth-order valence-corrected chi connectivity index (χ4v) is 1.65. The maximum absolute atomic E-state index is 3.77. The molecule has 0 spiro atoms. The molecule has 2 nitrogen and oxygen atoms in total. The fourth-order valence-electron chi connectivity index (χ4n) is 1.65. The minimum atomic E-state index is 1.05. The predicted octanol–water partition coefficient (Wildman–Crippen LogP) is 0.736. The van der Waals surface area contributed by atoms with Crippen LogP contribution in [0.4, 0.5) is 0 Å². The van der Waals surface area contributed by atoms with Crippen LogP contribution in [0.5, 0.6) is 0 Å². The summed E-state index contributed by atoms with van der Waals surface area (Å²) in [6, 6.07) is 0. The maximum atomic E-state index is 3.77. The molecule has 0 aromatic carbocycles. The van der Waals surface area contributed by atoms with Crippen LogP contribution in [-0.2, 0) is 0 Å². The lowest BCUT2D eigenvalue weighted by atomic mass is 10.3. The van der Waals surface area contributed by atoms with E-state index >= 15 is 0 Å². The molecule has 0 unspecified atom stereocenters. The van der Waals surface area contributed by atoms with Crippen molar-refractivity contribution >= 4 is 0 Å². The molecular formula is C9H17N2+. The second-order valence-electron chi connectivity index (χ2n) is 3.17. The lowest BCUT2D eigenvalue weighted by Crippen LogP contribution is -2.46. The highest BCUT2D eigenvalue weighted by molar-refractivity contribution is 4.73. The molecule has 2 heteroatoms. The van der Waals surface area contributed by atoms with E-state index in [2.05, 4.69) is 18.5 Å². The summed E-state index contributed by atoms with van der Waals surface area (Å²) in [7, 11) is 0. The van der Waals surface area contributed by atoms with Gasteiger partial charge in [-0.05, 0) is 12.2 Å². The van der Waals surface area contributed by atoms with Crippen LogP contribution in [0, 0.1) is 0 Å². The molecule has 1 fully saturated rings. The average Bonchev–Trinajstić information content (AvgIpc) is 2.39. The minimum absolute atomic E-state index is 1.05. The molecule has 0 amide bonds. The monoisotopic (exact) mass is 153 g/mol. The first-order chi connectivity index (χ1) is 5.33. The summed E-state index contributed by atoms with van der Waals surface area (Å²) in [5.41, 5.74) is 0. The molecule has 1 heterocycles. The van der Waals surface area contributed by atoms with Crippen LogP contribution >= 0.6 is 0 Å². The van der Waals surface area contributed by atoms with Gasteiger partial charge >= 0.3 is 0 Å². The summed E-state index contributed by atoms with van der Waals surface area (Å²) in [5, 5.41) is 3.36. The van der Waals surface area contributed by atoms with E-state index in [-0.39, 0.29) is 0 Å². The summed E-state index contributed by atoms with van der Waals surface area (Å²) < 4.78 is 1.09. The number of hydrogen-bond acceptors (Lipinski definition) is 1. The second-order valence-corrected chi connectivity index (χ2v) is 3.17. The molecule has 1 aliphatic rings. The van der Waals surface area contributed by atoms with E-state index < -0.39 is 0 Å². The average molecular weight is 153 g/mol. The van der Waals surface area contributed by atoms with Gasteiger partial charge in [0.25, 0.3) is 0 Å². The Kier molecular flexibility index (Phi) is 2.85. The van der Waals surface area contributed by atoms with Crippen LogP contribution in [0.15, 0.2) is 25.3 Å². The Hall–Kier alpha value is -0.600. The molecule has 0 bridgehead atoms. The highest BCUT2D eigenvalue weighted by Gasteiger charge is 2.28. The van der Waals surface area contributed by atoms with Gasteiger partial charge in [0.2, 0.25) is 0 Å². The zero-order chi connectivity index (χ0) is 8.16. The van der Waals surface area contributed by atoms with Crippen molar-refractivity contribution in [2.75, 3.05) is 32.8 Å². The summed E-state index contributed by atoms with van der Waals surface area (Å²) >= 11 is 0. The quantitative estimate of drug-likeness (QED) is 0.464. The minimum Gasteiger partial charge on any atom is -0.304 e. The molecule has 62 valence electrons. The van der Waals surface area contributed by atoms with Gasteiger partial charge in [-0.15, -0.1) is 0 Å². The van der Waals surface area contributed by atoms with Crippen molar-refractivity contribution in [1.29, 1.82) is 0 Å². The predicted molar refractivity (Wildman–Crippen MR) is 48.1 cm³/mol. The zero-order valence-electron chi connectivity index (χ0n) is 7.05. The molecule has 1 saturated heterocycles. The van der Waals surface area contributed by atoms with Crippen molar-refractivity contribution in [3.05, 3.63) is 25.3 Å². The van der Waals surface area contributed by atoms with E-state index in [1.165, 1.54) is 6.54 Å². The third-order valence-electron chi connectivity index (χ3n) is 2.24. The molecule has 1 N–H and O–H groups in total. The molecule has 0 radical (unpaired) electrons. The lowest BCUT2D eigenvalue weighted by molar-refractivity contribution is -0.906. The number of hydrogen-bond donors (Lipinski definition) is 1. The van der Waals surface area contributed by atoms with Gasteiger partial charge in [-0.3, -0.25) is 5.32 Å². The molecular weight excluding hydrogens is 136 g/mol. The van der Waals surface area contributed by atoms with Gasteiger partial charge in [0, 0.05) is 6.54 Å². The molecule has 1 rings (SSSR count). The molecule has 0 aromatic heterocycles. The molecule has 1 aliphatic heterocycles. The highest BCUT2D eigenvalue weighted by atomic mass is 15.4. The summed E-state index contributed by atoms with van der Waals surface area (Å²) in [6.07, 6.45) is 3.99. The Balaban J connectivity index is 2.53. The Morgan fingerprint density at radius 3 is 2.27 bits per heavy atom. The SMILES string of the molecule is C=CC[N+]1(CC=C)CCNC1. The summed E-state index contributed by atoms with van der Waals surface area (Å²) in [4.78, 5) is 0. The van der Waals surface area contributed by atoms with E-state index in [0.717, 1.165) is 30.8 Å². The van der Waals surface area contributed by atoms with Crippen molar-refractivity contribution in [3.63, 3.8) is 0 Å². The largest absolute Gasteiger partial charge is 0.304 e. The number of quaternary nitrogens is 1. The molecule has 0 atom stereocenters. The van der Waals surface area contributed by atoms with Crippen molar-refractivity contribution in [2.24, 2.45) is 0 Å². The van der Waals surface area contributed by atoms with Crippen LogP contribution in [0.25, 0.3) is 0 Å². The van der Waals surface area contributed by atoms with Crippen LogP contribution < -0.4 is 5.32 Å². The van der Waals surface area contributed by atoms with E-state index in [9.17, 15) is 0 Å². The highest BCUT2D eigenvalue weighted by Crippen LogP contribution is 2.09. The van der Waals surface area contributed by atoms with Crippen LogP contribution in [0.1, 0.15) is 0 Å². The molecule has 0 saturated carbocycles. The lowest BCUT2D eigenvalue weighted by Gasteiger charge is -2.30. The molecule has 0 aliphatic carbocycles. The third kappa shape index (κ3) is 1.91. The first-order valence-electron chi connectivity index (χ1n) is 4.11. The molecule has 11 heavy (non-hydrogen) atoms. The van der Waals surface area contributed by atoms with Gasteiger partial charge in [-0.1, -0.05) is 13.2 Å². The Morgan fingerprint density at radius 1 is 1.27 bits per heavy atom. The number of rotatable bonds is 4. The first kappa shape index (κ1) is 8.50. The van der Waals surface area contributed by atoms with E-state index in [0.29, 0.717) is 0 Å². The first-order valence-corrected chi connectivity index (χ1v) is 4.11. The van der Waals surface area contributed by atoms with Gasteiger partial charge in [0.1, 0.15) is 6.67 Å². The topological polar surface area (TPSA) is 12.0 Å². The van der Waals surface area contributed by atoms with Crippen molar-refractivity contribution < 1.29 is 4.48 Å².